The maximum Gasteiger partial charge on any atom is 0.333 e. The molecule has 0 spiro atoms. The highest BCUT2D eigenvalue weighted by molar-refractivity contribution is 7.53. The van der Waals surface area contributed by atoms with Crippen LogP contribution in [0.3, 0.4) is 0 Å². The normalized spacial score (nSPS) is 14.5. The van der Waals surface area contributed by atoms with Gasteiger partial charge in [-0.1, -0.05) is 30.3 Å². The van der Waals surface area contributed by atoms with E-state index in [4.69, 9.17) is 13.8 Å². The van der Waals surface area contributed by atoms with Crippen molar-refractivity contribution >= 4 is 7.60 Å². The van der Waals surface area contributed by atoms with Crippen LogP contribution in [0.1, 0.15) is 39.2 Å². The Bertz CT molecular complexity index is 483. The minimum absolute atomic E-state index is 0.169. The monoisotopic (exact) mass is 360 g/mol. The zero-order valence-electron chi connectivity index (χ0n) is 15.0. The second-order valence-corrected chi connectivity index (χ2v) is 8.02. The third-order valence-electron chi connectivity index (χ3n) is 3.54. The van der Waals surface area contributed by atoms with E-state index >= 15 is 0 Å². The molecule has 0 radical (unpaired) electrons. The highest BCUT2D eigenvalue weighted by Crippen LogP contribution is 2.51. The van der Waals surface area contributed by atoms with Gasteiger partial charge < -0.3 is 13.8 Å². The van der Waals surface area contributed by atoms with Gasteiger partial charge in [-0.25, -0.2) is 4.39 Å². The van der Waals surface area contributed by atoms with Gasteiger partial charge in [0.15, 0.2) is 0 Å². The fraction of sp³-hybridized carbons (Fsp3) is 0.667. The molecule has 138 valence electrons. The zero-order valence-corrected chi connectivity index (χ0v) is 15.9. The zero-order chi connectivity index (χ0) is 17.9. The van der Waals surface area contributed by atoms with Crippen LogP contribution in [0.15, 0.2) is 30.3 Å². The largest absolute Gasteiger partial charge is 0.381 e. The van der Waals surface area contributed by atoms with E-state index in [1.807, 2.05) is 18.2 Å². The molecular formula is C18H30FO4P. The van der Waals surface area contributed by atoms with Crippen molar-refractivity contribution in [2.75, 3.05) is 32.6 Å². The molecule has 4 nitrogen and oxygen atoms in total. The van der Waals surface area contributed by atoms with Crippen LogP contribution in [0.5, 0.6) is 0 Å². The van der Waals surface area contributed by atoms with E-state index in [0.717, 1.165) is 12.8 Å². The van der Waals surface area contributed by atoms with Gasteiger partial charge in [0.2, 0.25) is 0 Å². The first-order valence-electron chi connectivity index (χ1n) is 8.59. The highest BCUT2D eigenvalue weighted by Gasteiger charge is 2.36. The summed E-state index contributed by atoms with van der Waals surface area (Å²) in [6.07, 6.45) is 1.76. The number of hydrogen-bond acceptors (Lipinski definition) is 4. The van der Waals surface area contributed by atoms with E-state index < -0.39 is 13.3 Å². The van der Waals surface area contributed by atoms with E-state index in [1.54, 1.807) is 13.8 Å². The summed E-state index contributed by atoms with van der Waals surface area (Å²) in [5.74, 6) is 0. The molecule has 0 aliphatic heterocycles. The summed E-state index contributed by atoms with van der Waals surface area (Å²) >= 11 is 0. The standard InChI is InChI=1S/C18H30FO4P/c1-4-22-24(20,23-5-2)16-18(3,19)13-15-21-14-9-12-17-10-7-6-8-11-17/h6-8,10-11H,4-5,9,12-16H2,1-3H3. The number of rotatable bonds is 13. The maximum atomic E-state index is 14.6. The fourth-order valence-electron chi connectivity index (χ4n) is 2.41. The number of benzene rings is 1. The lowest BCUT2D eigenvalue weighted by molar-refractivity contribution is 0.0814. The Morgan fingerprint density at radius 3 is 2.29 bits per heavy atom. The summed E-state index contributed by atoms with van der Waals surface area (Å²) < 4.78 is 42.8. The predicted octanol–water partition coefficient (Wildman–Crippen LogP) is 5.02. The molecular weight excluding hydrogens is 330 g/mol. The van der Waals surface area contributed by atoms with Crippen molar-refractivity contribution in [2.24, 2.45) is 0 Å². The van der Waals surface area contributed by atoms with Crippen LogP contribution in [-0.2, 0) is 24.8 Å². The van der Waals surface area contributed by atoms with Crippen molar-refractivity contribution in [2.45, 2.75) is 45.7 Å². The van der Waals surface area contributed by atoms with Gasteiger partial charge in [-0.3, -0.25) is 4.57 Å². The van der Waals surface area contributed by atoms with Crippen LogP contribution in [0.2, 0.25) is 0 Å². The smallest absolute Gasteiger partial charge is 0.333 e. The van der Waals surface area contributed by atoms with E-state index in [-0.39, 0.29) is 25.8 Å². The minimum atomic E-state index is -3.37. The molecule has 0 saturated carbocycles. The van der Waals surface area contributed by atoms with E-state index in [9.17, 15) is 8.96 Å². The van der Waals surface area contributed by atoms with Crippen molar-refractivity contribution in [1.82, 2.24) is 0 Å². The molecule has 0 N–H and O–H groups in total. The Kier molecular flexibility index (Phi) is 9.75. The second kappa shape index (κ2) is 11.0. The Morgan fingerprint density at radius 1 is 1.08 bits per heavy atom. The van der Waals surface area contributed by atoms with E-state index in [2.05, 4.69) is 12.1 Å². The van der Waals surface area contributed by atoms with Crippen LogP contribution < -0.4 is 0 Å². The maximum absolute atomic E-state index is 14.6. The van der Waals surface area contributed by atoms with Gasteiger partial charge in [-0.15, -0.1) is 0 Å². The Hall–Kier alpha value is -0.740. The first kappa shape index (κ1) is 21.3. The Morgan fingerprint density at radius 2 is 1.71 bits per heavy atom. The van der Waals surface area contributed by atoms with Crippen LogP contribution >= 0.6 is 7.60 Å². The van der Waals surface area contributed by atoms with Crippen molar-refractivity contribution in [3.8, 4) is 0 Å². The molecule has 1 rings (SSSR count). The molecule has 6 heteroatoms. The topological polar surface area (TPSA) is 44.8 Å². The summed E-state index contributed by atoms with van der Waals surface area (Å²) in [5, 5.41) is 0. The molecule has 0 aromatic heterocycles. The quantitative estimate of drug-likeness (QED) is 0.366. The molecule has 0 aliphatic carbocycles. The Labute approximate surface area is 145 Å². The average Bonchev–Trinajstić information content (AvgIpc) is 2.51. The summed E-state index contributed by atoms with van der Waals surface area (Å²) in [7, 11) is -3.37. The van der Waals surface area contributed by atoms with Gasteiger partial charge in [0.25, 0.3) is 0 Å². The predicted molar refractivity (Wildman–Crippen MR) is 95.4 cm³/mol. The molecule has 1 unspecified atom stereocenters. The number of halogens is 1. The van der Waals surface area contributed by atoms with Crippen LogP contribution in [0.25, 0.3) is 0 Å². The van der Waals surface area contributed by atoms with Crippen LogP contribution in [0, 0.1) is 0 Å². The second-order valence-electron chi connectivity index (χ2n) is 5.97. The van der Waals surface area contributed by atoms with Gasteiger partial charge in [-0.05, 0) is 39.2 Å². The SMILES string of the molecule is CCOP(=O)(CC(C)(F)CCOCCCc1ccccc1)OCC. The summed E-state index contributed by atoms with van der Waals surface area (Å²) in [6.45, 7) is 6.21. The average molecular weight is 360 g/mol. The summed E-state index contributed by atoms with van der Waals surface area (Å²) in [5.41, 5.74) is -0.370. The molecule has 0 aliphatic rings. The minimum Gasteiger partial charge on any atom is -0.381 e. The summed E-state index contributed by atoms with van der Waals surface area (Å²) in [6, 6.07) is 10.2. The lowest BCUT2D eigenvalue weighted by Gasteiger charge is -2.25. The molecule has 0 amide bonds. The van der Waals surface area contributed by atoms with Crippen molar-refractivity contribution < 1.29 is 22.7 Å². The lowest BCUT2D eigenvalue weighted by Crippen LogP contribution is -2.27. The van der Waals surface area contributed by atoms with Crippen molar-refractivity contribution in [3.05, 3.63) is 35.9 Å². The molecule has 1 aromatic carbocycles. The molecule has 0 bridgehead atoms. The van der Waals surface area contributed by atoms with Crippen molar-refractivity contribution in [3.63, 3.8) is 0 Å². The molecule has 1 aromatic rings. The molecule has 24 heavy (non-hydrogen) atoms. The molecule has 1 atom stereocenters. The van der Waals surface area contributed by atoms with Gasteiger partial charge >= 0.3 is 7.60 Å². The fourth-order valence-corrected chi connectivity index (χ4v) is 4.42. The van der Waals surface area contributed by atoms with Gasteiger partial charge in [0.1, 0.15) is 5.67 Å². The van der Waals surface area contributed by atoms with Crippen molar-refractivity contribution in [1.29, 1.82) is 0 Å². The van der Waals surface area contributed by atoms with Gasteiger partial charge in [0.05, 0.1) is 19.4 Å². The molecule has 0 saturated heterocycles. The number of alkyl halides is 1. The van der Waals surface area contributed by atoms with Crippen LogP contribution in [0.4, 0.5) is 4.39 Å². The Balaban J connectivity index is 2.25. The van der Waals surface area contributed by atoms with E-state index in [0.29, 0.717) is 13.2 Å². The van der Waals surface area contributed by atoms with Gasteiger partial charge in [-0.2, -0.15) is 0 Å². The third-order valence-corrected chi connectivity index (χ3v) is 5.89. The number of aryl methyl sites for hydroxylation is 1. The van der Waals surface area contributed by atoms with Crippen LogP contribution in [-0.4, -0.2) is 38.3 Å². The lowest BCUT2D eigenvalue weighted by atomic mass is 10.1. The van der Waals surface area contributed by atoms with Gasteiger partial charge in [0, 0.05) is 19.6 Å². The third kappa shape index (κ3) is 8.93. The van der Waals surface area contributed by atoms with E-state index in [1.165, 1.54) is 12.5 Å². The molecule has 0 fully saturated rings. The first-order chi connectivity index (χ1) is 11.4. The number of ether oxygens (including phenoxy) is 1. The molecule has 0 heterocycles. The highest BCUT2D eigenvalue weighted by atomic mass is 31.2. The first-order valence-corrected chi connectivity index (χ1v) is 10.3. The summed E-state index contributed by atoms with van der Waals surface area (Å²) in [4.78, 5) is 0. The number of hydrogen-bond donors (Lipinski definition) is 0.